The van der Waals surface area contributed by atoms with Gasteiger partial charge in [0.15, 0.2) is 0 Å². The van der Waals surface area contributed by atoms with E-state index in [1.165, 1.54) is 0 Å². The van der Waals surface area contributed by atoms with E-state index in [1.54, 1.807) is 0 Å². The molecule has 0 saturated heterocycles. The Bertz CT molecular complexity index is 392. The summed E-state index contributed by atoms with van der Waals surface area (Å²) in [4.78, 5) is 0. The van der Waals surface area contributed by atoms with E-state index in [1.807, 2.05) is 0 Å². The fourth-order valence-electron chi connectivity index (χ4n) is 0.265. The topological polar surface area (TPSA) is 143 Å². The molecule has 0 heterocycles. The van der Waals surface area contributed by atoms with E-state index < -0.39 is 12.4 Å². The second-order valence-corrected chi connectivity index (χ2v) is 10.6. The Hall–Kier alpha value is -0.800. The van der Waals surface area contributed by atoms with Crippen LogP contribution >= 0.6 is 0 Å². The normalized spacial score (nSPS) is 12.4. The molecule has 0 saturated carbocycles. The number of nitriles is 6. The van der Waals surface area contributed by atoms with Crippen molar-refractivity contribution in [3.63, 3.8) is 0 Å². The number of hydrogen-bond acceptors (Lipinski definition) is 6. The van der Waals surface area contributed by atoms with Crippen molar-refractivity contribution in [1.29, 1.82) is 31.6 Å². The molecule has 0 fully saturated rings. The van der Waals surface area contributed by atoms with Gasteiger partial charge in [0.25, 0.3) is 0 Å². The first-order valence-corrected chi connectivity index (χ1v) is 7.62. The SMILES string of the molecule is N#[C][Ru-]([C]#N)([C]#N)([C]#N)([C]#N)[C]#N.[K+]. The van der Waals surface area contributed by atoms with E-state index in [4.69, 9.17) is 31.6 Å². The van der Waals surface area contributed by atoms with Crippen LogP contribution < -0.4 is 51.4 Å². The van der Waals surface area contributed by atoms with Gasteiger partial charge >= 0.3 is 123 Å². The summed E-state index contributed by atoms with van der Waals surface area (Å²) in [5.74, 6) is 0. The van der Waals surface area contributed by atoms with E-state index in [2.05, 4.69) is 0 Å². The third kappa shape index (κ3) is 1.37. The summed E-state index contributed by atoms with van der Waals surface area (Å²) in [6, 6.07) is 0. The Morgan fingerprint density at radius 2 is 0.643 bits per heavy atom. The van der Waals surface area contributed by atoms with Crippen LogP contribution in [0.15, 0.2) is 0 Å². The summed E-state index contributed by atoms with van der Waals surface area (Å²) < 4.78 is 6.37. The molecule has 0 aromatic rings. The number of nitrogens with zero attached hydrogens (tertiary/aromatic N) is 6. The Kier molecular flexibility index (Phi) is 4.20. The molecule has 0 unspecified atom stereocenters. The van der Waals surface area contributed by atoms with Crippen molar-refractivity contribution >= 4 is 0 Å². The zero-order chi connectivity index (χ0) is 10.7. The molecule has 6 nitrogen and oxygen atoms in total. The molecule has 0 atom stereocenters. The second-order valence-electron chi connectivity index (χ2n) is 1.80. The molecule has 0 radical (unpaired) electrons. The maximum absolute atomic E-state index is 8.59. The van der Waals surface area contributed by atoms with Gasteiger partial charge in [-0.2, -0.15) is 0 Å². The predicted molar refractivity (Wildman–Crippen MR) is 33.7 cm³/mol. The average Bonchev–Trinajstić information content (AvgIpc) is 2.26. The quantitative estimate of drug-likeness (QED) is 0.439. The van der Waals surface area contributed by atoms with Gasteiger partial charge in [0.05, 0.1) is 0 Å². The second kappa shape index (κ2) is 3.75. The minimum atomic E-state index is -6.55. The molecule has 0 amide bonds. The molecule has 0 bridgehead atoms. The molecule has 63 valence electrons. The van der Waals surface area contributed by atoms with Crippen molar-refractivity contribution < 1.29 is 63.8 Å². The molecule has 0 aliphatic rings. The van der Waals surface area contributed by atoms with Crippen LogP contribution in [-0.4, -0.2) is 0 Å². The van der Waals surface area contributed by atoms with Crippen molar-refractivity contribution in [3.8, 4) is 28.0 Å². The maximum atomic E-state index is 8.59. The third-order valence-corrected chi connectivity index (χ3v) is 7.02. The van der Waals surface area contributed by atoms with Crippen molar-refractivity contribution in [2.45, 2.75) is 0 Å². The Balaban J connectivity index is 0. The third-order valence-electron chi connectivity index (χ3n) is 1.19. The molecule has 0 aliphatic heterocycles. The van der Waals surface area contributed by atoms with Gasteiger partial charge in [0.1, 0.15) is 0 Å². The predicted octanol–water partition coefficient (Wildman–Crippen LogP) is -2.90. The molecule has 0 rings (SSSR count). The number of rotatable bonds is 0. The van der Waals surface area contributed by atoms with E-state index in [-0.39, 0.29) is 51.4 Å². The van der Waals surface area contributed by atoms with Gasteiger partial charge in [-0.3, -0.25) is 0 Å². The first-order valence-electron chi connectivity index (χ1n) is 2.40. The monoisotopic (exact) mass is 297 g/mol. The molecule has 0 N–H and O–H groups in total. The Labute approximate surface area is 121 Å². The molecule has 0 aliphatic carbocycles. The van der Waals surface area contributed by atoms with Gasteiger partial charge in [-0.15, -0.1) is 0 Å². The fourth-order valence-corrected chi connectivity index (χ4v) is 1.57. The van der Waals surface area contributed by atoms with Gasteiger partial charge in [-0.05, 0) is 0 Å². The smallest absolute Gasteiger partial charge is 1.00 e. The van der Waals surface area contributed by atoms with Gasteiger partial charge in [-0.1, -0.05) is 0 Å². The average molecular weight is 296 g/mol. The van der Waals surface area contributed by atoms with E-state index in [0.29, 0.717) is 0 Å². The van der Waals surface area contributed by atoms with Gasteiger partial charge in [0, 0.05) is 0 Å². The van der Waals surface area contributed by atoms with Gasteiger partial charge < -0.3 is 0 Å². The summed E-state index contributed by atoms with van der Waals surface area (Å²) in [6.45, 7) is 0. The minimum absolute atomic E-state index is 0. The largest absolute Gasteiger partial charge is 1.00 e. The van der Waals surface area contributed by atoms with E-state index in [9.17, 15) is 0 Å². The van der Waals surface area contributed by atoms with Crippen LogP contribution in [0, 0.1) is 59.6 Å². The standard InChI is InChI=1S/6CN.K.Ru/c6*1-2;;/q;;;;;;+1;-1. The van der Waals surface area contributed by atoms with Crippen molar-refractivity contribution in [1.82, 2.24) is 0 Å². The first kappa shape index (κ1) is 15.7. The Morgan fingerprint density at radius 1 is 0.500 bits per heavy atom. The number of hydrogen-bond donors (Lipinski definition) is 0. The van der Waals surface area contributed by atoms with Gasteiger partial charge in [-0.25, -0.2) is 0 Å². The summed E-state index contributed by atoms with van der Waals surface area (Å²) in [7, 11) is 0. The van der Waals surface area contributed by atoms with Crippen LogP contribution in [0.25, 0.3) is 0 Å². The summed E-state index contributed by atoms with van der Waals surface area (Å²) in [5.41, 5.74) is 0. The summed E-state index contributed by atoms with van der Waals surface area (Å²) in [6.07, 6.45) is 0. The van der Waals surface area contributed by atoms with Crippen LogP contribution in [0.3, 0.4) is 0 Å². The molecule has 0 aromatic carbocycles. The molecule has 0 aromatic heterocycles. The summed E-state index contributed by atoms with van der Waals surface area (Å²) in [5, 5.41) is 51.6. The molecule has 8 heteroatoms. The van der Waals surface area contributed by atoms with Crippen molar-refractivity contribution in [3.05, 3.63) is 0 Å². The fraction of sp³-hybridized carbons (Fsp3) is 0. The minimum Gasteiger partial charge on any atom is 1.00 e. The zero-order valence-corrected chi connectivity index (χ0v) is 11.9. The van der Waals surface area contributed by atoms with Gasteiger partial charge in [0.2, 0.25) is 0 Å². The molecule has 0 spiro atoms. The van der Waals surface area contributed by atoms with Crippen LogP contribution in [0.5, 0.6) is 0 Å². The molecule has 14 heavy (non-hydrogen) atoms. The van der Waals surface area contributed by atoms with Crippen molar-refractivity contribution in [2.75, 3.05) is 0 Å². The first-order chi connectivity index (χ1) is 5.97. The van der Waals surface area contributed by atoms with Crippen LogP contribution in [0.2, 0.25) is 0 Å². The Morgan fingerprint density at radius 3 is 0.643 bits per heavy atom. The van der Waals surface area contributed by atoms with E-state index >= 15 is 0 Å². The zero-order valence-electron chi connectivity index (χ0n) is 7.04. The molecular formula is C6KN6Ru. The summed E-state index contributed by atoms with van der Waals surface area (Å²) >= 11 is -6.55. The van der Waals surface area contributed by atoms with Crippen LogP contribution in [0.4, 0.5) is 0 Å². The van der Waals surface area contributed by atoms with Crippen LogP contribution in [0.1, 0.15) is 0 Å². The van der Waals surface area contributed by atoms with E-state index in [0.717, 1.165) is 28.0 Å². The molecular weight excluding hydrogens is 296 g/mol. The maximum Gasteiger partial charge on any atom is 1.00 e. The van der Waals surface area contributed by atoms with Crippen LogP contribution in [-0.2, 0) is 12.4 Å². The van der Waals surface area contributed by atoms with Crippen molar-refractivity contribution in [2.24, 2.45) is 0 Å².